The highest BCUT2D eigenvalue weighted by Gasteiger charge is 2.35. The minimum atomic E-state index is -0.500. The first-order valence-corrected chi connectivity index (χ1v) is 9.99. The Hall–Kier alpha value is -3.61. The van der Waals surface area contributed by atoms with E-state index in [0.29, 0.717) is 36.2 Å². The van der Waals surface area contributed by atoms with Crippen LogP contribution in [0.5, 0.6) is 5.75 Å². The fourth-order valence-corrected chi connectivity index (χ4v) is 3.49. The first-order valence-electron chi connectivity index (χ1n) is 9.99. The molecule has 1 aromatic heterocycles. The van der Waals surface area contributed by atoms with Gasteiger partial charge in [0, 0.05) is 11.3 Å². The van der Waals surface area contributed by atoms with Crippen LogP contribution in [-0.2, 0) is 16.1 Å². The summed E-state index contributed by atoms with van der Waals surface area (Å²) >= 11 is 0. The number of para-hydroxylation sites is 1. The number of fused-ring (bicyclic) bond motifs is 1. The van der Waals surface area contributed by atoms with E-state index in [-0.39, 0.29) is 5.97 Å². The summed E-state index contributed by atoms with van der Waals surface area (Å²) in [5, 5.41) is 7.52. The highest BCUT2D eigenvalue weighted by molar-refractivity contribution is 5.92. The van der Waals surface area contributed by atoms with Crippen LogP contribution in [0.25, 0.3) is 0 Å². The van der Waals surface area contributed by atoms with Gasteiger partial charge in [0.05, 0.1) is 12.2 Å². The van der Waals surface area contributed by atoms with Gasteiger partial charge in [0.25, 0.3) is 0 Å². The zero-order chi connectivity index (χ0) is 20.9. The molecule has 0 radical (unpaired) electrons. The van der Waals surface area contributed by atoms with Gasteiger partial charge in [-0.25, -0.2) is 9.48 Å². The van der Waals surface area contributed by atoms with Crippen LogP contribution in [0.4, 0.5) is 5.95 Å². The molecule has 1 N–H and O–H groups in total. The Bertz CT molecular complexity index is 1060. The van der Waals surface area contributed by atoms with Crippen LogP contribution in [0, 0.1) is 0 Å². The minimum Gasteiger partial charge on any atom is -0.489 e. The number of ether oxygens (including phenoxy) is 2. The topological polar surface area (TPSA) is 78.3 Å². The molecule has 0 amide bonds. The van der Waals surface area contributed by atoms with E-state index < -0.39 is 6.04 Å². The number of esters is 1. The molecule has 1 aliphatic heterocycles. The van der Waals surface area contributed by atoms with Crippen molar-refractivity contribution in [1.82, 2.24) is 14.8 Å². The van der Waals surface area contributed by atoms with Crippen LogP contribution in [0.2, 0.25) is 0 Å². The van der Waals surface area contributed by atoms with Gasteiger partial charge >= 0.3 is 5.97 Å². The summed E-state index contributed by atoms with van der Waals surface area (Å²) in [6.07, 6.45) is 2.22. The van der Waals surface area contributed by atoms with Gasteiger partial charge in [-0.05, 0) is 25.0 Å². The second-order valence-corrected chi connectivity index (χ2v) is 7.04. The van der Waals surface area contributed by atoms with E-state index in [9.17, 15) is 4.79 Å². The van der Waals surface area contributed by atoms with Crippen molar-refractivity contribution in [3.63, 3.8) is 0 Å². The average molecular weight is 404 g/mol. The molecule has 2 heterocycles. The van der Waals surface area contributed by atoms with Crippen molar-refractivity contribution >= 4 is 11.9 Å². The number of carbonyl (C=O) groups excluding carboxylic acids is 1. The second kappa shape index (κ2) is 8.82. The number of nitrogens with zero attached hydrogens (tertiary/aromatic N) is 3. The van der Waals surface area contributed by atoms with Crippen molar-refractivity contribution in [2.75, 3.05) is 11.9 Å². The Morgan fingerprint density at radius 1 is 1.13 bits per heavy atom. The molecular weight excluding hydrogens is 380 g/mol. The van der Waals surface area contributed by atoms with Gasteiger partial charge in [-0.2, -0.15) is 10.1 Å². The molecule has 2 aromatic carbocycles. The third kappa shape index (κ3) is 3.91. The van der Waals surface area contributed by atoms with Crippen molar-refractivity contribution in [2.24, 2.45) is 0 Å². The quantitative estimate of drug-likeness (QED) is 0.598. The summed E-state index contributed by atoms with van der Waals surface area (Å²) in [4.78, 5) is 17.2. The Morgan fingerprint density at radius 2 is 1.90 bits per heavy atom. The van der Waals surface area contributed by atoms with E-state index in [1.165, 1.54) is 6.33 Å². The van der Waals surface area contributed by atoms with Gasteiger partial charge in [-0.3, -0.25) is 0 Å². The Morgan fingerprint density at radius 3 is 2.70 bits per heavy atom. The normalized spacial score (nSPS) is 15.3. The average Bonchev–Trinajstić information content (AvgIpc) is 3.24. The van der Waals surface area contributed by atoms with E-state index in [4.69, 9.17) is 9.47 Å². The molecule has 0 fully saturated rings. The molecular formula is C23H24N4O3. The summed E-state index contributed by atoms with van der Waals surface area (Å²) < 4.78 is 13.3. The number of nitrogens with one attached hydrogen (secondary N) is 1. The van der Waals surface area contributed by atoms with Crippen molar-refractivity contribution < 1.29 is 14.3 Å². The van der Waals surface area contributed by atoms with Crippen LogP contribution in [-0.4, -0.2) is 27.3 Å². The van der Waals surface area contributed by atoms with Crippen molar-refractivity contribution in [3.05, 3.63) is 83.3 Å². The van der Waals surface area contributed by atoms with Crippen LogP contribution in [0.1, 0.15) is 37.4 Å². The number of hydrogen-bond acceptors (Lipinski definition) is 6. The molecule has 0 bridgehead atoms. The lowest BCUT2D eigenvalue weighted by molar-refractivity contribution is -0.139. The molecule has 4 rings (SSSR count). The summed E-state index contributed by atoms with van der Waals surface area (Å²) in [5.74, 6) is 0.886. The largest absolute Gasteiger partial charge is 0.489 e. The van der Waals surface area contributed by atoms with Gasteiger partial charge in [-0.1, -0.05) is 55.5 Å². The van der Waals surface area contributed by atoms with Gasteiger partial charge in [0.1, 0.15) is 24.7 Å². The lowest BCUT2D eigenvalue weighted by atomic mass is 9.95. The van der Waals surface area contributed by atoms with Gasteiger partial charge in [0.15, 0.2) is 0 Å². The third-order valence-corrected chi connectivity index (χ3v) is 4.90. The van der Waals surface area contributed by atoms with E-state index in [0.717, 1.165) is 17.5 Å². The molecule has 3 aromatic rings. The molecule has 1 atom stereocenters. The fraction of sp³-hybridized carbons (Fsp3) is 0.261. The van der Waals surface area contributed by atoms with Gasteiger partial charge < -0.3 is 14.8 Å². The van der Waals surface area contributed by atoms with E-state index in [1.807, 2.05) is 68.4 Å². The predicted molar refractivity (Wildman–Crippen MR) is 113 cm³/mol. The monoisotopic (exact) mass is 404 g/mol. The molecule has 0 saturated carbocycles. The highest BCUT2D eigenvalue weighted by atomic mass is 16.5. The van der Waals surface area contributed by atoms with Gasteiger partial charge in [-0.15, -0.1) is 0 Å². The summed E-state index contributed by atoms with van der Waals surface area (Å²) in [5.41, 5.74) is 3.08. The number of allylic oxidation sites excluding steroid dienone is 1. The summed E-state index contributed by atoms with van der Waals surface area (Å²) in [6, 6.07) is 17.1. The number of benzene rings is 2. The van der Waals surface area contributed by atoms with Crippen molar-refractivity contribution in [2.45, 2.75) is 32.9 Å². The summed E-state index contributed by atoms with van der Waals surface area (Å²) in [7, 11) is 0. The molecule has 0 spiro atoms. The summed E-state index contributed by atoms with van der Waals surface area (Å²) in [6.45, 7) is 4.60. The van der Waals surface area contributed by atoms with Crippen LogP contribution < -0.4 is 10.1 Å². The Labute approximate surface area is 175 Å². The van der Waals surface area contributed by atoms with Crippen molar-refractivity contribution in [1.29, 1.82) is 0 Å². The SMILES string of the molecule is CCCOC(=O)C1=C(C)Nc2ncnn2C1c1ccccc1OCc1ccccc1. The number of aromatic nitrogens is 3. The molecule has 0 saturated heterocycles. The van der Waals surface area contributed by atoms with E-state index >= 15 is 0 Å². The molecule has 154 valence electrons. The zero-order valence-corrected chi connectivity index (χ0v) is 17.0. The molecule has 1 unspecified atom stereocenters. The van der Waals surface area contributed by atoms with Crippen LogP contribution >= 0.6 is 0 Å². The predicted octanol–water partition coefficient (Wildman–Crippen LogP) is 4.10. The second-order valence-electron chi connectivity index (χ2n) is 7.04. The Balaban J connectivity index is 1.72. The number of rotatable bonds is 7. The third-order valence-electron chi connectivity index (χ3n) is 4.90. The number of carbonyl (C=O) groups is 1. The maximum Gasteiger partial charge on any atom is 0.338 e. The maximum atomic E-state index is 13.0. The van der Waals surface area contributed by atoms with E-state index in [2.05, 4.69) is 15.4 Å². The first-order chi connectivity index (χ1) is 14.7. The highest BCUT2D eigenvalue weighted by Crippen LogP contribution is 2.39. The van der Waals surface area contributed by atoms with Crippen LogP contribution in [0.15, 0.2) is 72.2 Å². The Kier molecular flexibility index (Phi) is 5.79. The molecule has 0 aliphatic carbocycles. The zero-order valence-electron chi connectivity index (χ0n) is 17.0. The first kappa shape index (κ1) is 19.7. The molecule has 30 heavy (non-hydrogen) atoms. The molecule has 7 heteroatoms. The lowest BCUT2D eigenvalue weighted by Gasteiger charge is -2.29. The van der Waals surface area contributed by atoms with E-state index in [1.54, 1.807) is 4.68 Å². The van der Waals surface area contributed by atoms with Crippen molar-refractivity contribution in [3.8, 4) is 5.75 Å². The number of hydrogen-bond donors (Lipinski definition) is 1. The molecule has 7 nitrogen and oxygen atoms in total. The van der Waals surface area contributed by atoms with Crippen LogP contribution in [0.3, 0.4) is 0 Å². The smallest absolute Gasteiger partial charge is 0.338 e. The minimum absolute atomic E-state index is 0.360. The number of anilines is 1. The maximum absolute atomic E-state index is 13.0. The standard InChI is InChI=1S/C23H24N4O3/c1-3-13-29-22(28)20-16(2)26-23-24-15-25-27(23)21(20)18-11-7-8-12-19(18)30-14-17-9-5-4-6-10-17/h4-12,15,21H,3,13-14H2,1-2H3,(H,24,25,26). The fourth-order valence-electron chi connectivity index (χ4n) is 3.49. The van der Waals surface area contributed by atoms with Gasteiger partial charge in [0.2, 0.25) is 5.95 Å². The lowest BCUT2D eigenvalue weighted by Crippen LogP contribution is -2.30. The molecule has 1 aliphatic rings.